The molecule has 0 aliphatic carbocycles. The van der Waals surface area contributed by atoms with Crippen LogP contribution in [0.4, 0.5) is 0 Å². The van der Waals surface area contributed by atoms with E-state index in [0.29, 0.717) is 0 Å². The lowest BCUT2D eigenvalue weighted by molar-refractivity contribution is 0.670. The first-order chi connectivity index (χ1) is 39.6. The predicted molar refractivity (Wildman–Crippen MR) is 225 cm³/mol. The second-order valence-corrected chi connectivity index (χ2v) is 11.5. The molecule has 0 bridgehead atoms. The molecule has 10 aromatic carbocycles. The van der Waals surface area contributed by atoms with Crippen molar-refractivity contribution >= 4 is 65.0 Å². The summed E-state index contributed by atoms with van der Waals surface area (Å²) in [6, 6.07) is -31.5. The largest absolute Gasteiger partial charge is 0.455 e. The standard InChI is InChI=1S/C52H32O/c1-2-13-33(14-3-1)36-29-30-40-47-26-12-23-39(52(47)53-49(40)32-36)37-28-27-35-17-11-25-46(48(35)31-37)51-44-21-8-6-19-42(44)50(43-20-7-9-22-45(43)51)41-24-10-16-34-15-4-5-18-38(34)41/h1-32H/i1D,2D,3D,4D,5D,6D,7D,8D,9D,10D,11D,12D,13D,14D,15D,16D,17D,18D,19D,20D,21D,22D,23D,24D,25D,26D,27D,28D,29D,30D,31D,32D. The lowest BCUT2D eigenvalue weighted by Gasteiger charge is -2.20. The Morgan fingerprint density at radius 1 is 0.302 bits per heavy atom. The summed E-state index contributed by atoms with van der Waals surface area (Å²) in [5.74, 6) is 0. The van der Waals surface area contributed by atoms with Gasteiger partial charge in [-0.25, -0.2) is 0 Å². The molecule has 1 heteroatoms. The fraction of sp³-hybridized carbons (Fsp3) is 0. The Morgan fingerprint density at radius 2 is 0.811 bits per heavy atom. The zero-order valence-electron chi connectivity index (χ0n) is 58.4. The van der Waals surface area contributed by atoms with Gasteiger partial charge in [0.05, 0.1) is 43.9 Å². The summed E-state index contributed by atoms with van der Waals surface area (Å²) >= 11 is 0. The maximum absolute atomic E-state index is 10.2. The molecule has 53 heavy (non-hydrogen) atoms. The summed E-state index contributed by atoms with van der Waals surface area (Å²) in [6.07, 6.45) is 0. The lowest BCUT2D eigenvalue weighted by atomic mass is 9.83. The maximum Gasteiger partial charge on any atom is 0.143 e. The van der Waals surface area contributed by atoms with Crippen molar-refractivity contribution in [2.75, 3.05) is 0 Å². The minimum Gasteiger partial charge on any atom is -0.455 e. The second-order valence-electron chi connectivity index (χ2n) is 11.5. The number of fused-ring (bicyclic) bond motifs is 7. The third-order valence-electron chi connectivity index (χ3n) is 8.69. The van der Waals surface area contributed by atoms with Gasteiger partial charge in [0.2, 0.25) is 0 Å². The molecule has 0 radical (unpaired) electrons. The van der Waals surface area contributed by atoms with E-state index in [4.69, 9.17) is 29.1 Å². The fourth-order valence-electron chi connectivity index (χ4n) is 6.44. The third kappa shape index (κ3) is 4.64. The quantitative estimate of drug-likeness (QED) is 0.166. The number of hydrogen-bond acceptors (Lipinski definition) is 1. The molecule has 1 aromatic heterocycles. The number of furan rings is 1. The van der Waals surface area contributed by atoms with E-state index in [9.17, 15) is 19.2 Å². The zero-order chi connectivity index (χ0) is 62.7. The Hall–Kier alpha value is -6.96. The van der Waals surface area contributed by atoms with Crippen LogP contribution in [0.5, 0.6) is 0 Å². The molecule has 0 saturated heterocycles. The van der Waals surface area contributed by atoms with Gasteiger partial charge < -0.3 is 4.42 Å². The Bertz CT molecular complexity index is 4960. The van der Waals surface area contributed by atoms with Gasteiger partial charge in [0, 0.05) is 16.3 Å². The van der Waals surface area contributed by atoms with Crippen LogP contribution in [0.25, 0.3) is 110 Å². The molecule has 0 unspecified atom stereocenters. The zero-order valence-corrected chi connectivity index (χ0v) is 26.4. The highest BCUT2D eigenvalue weighted by Gasteiger charge is 2.20. The smallest absolute Gasteiger partial charge is 0.143 e. The van der Waals surface area contributed by atoms with Crippen molar-refractivity contribution in [1.29, 1.82) is 0 Å². The van der Waals surface area contributed by atoms with E-state index < -0.39 is 303 Å². The molecule has 1 heterocycles. The van der Waals surface area contributed by atoms with Crippen molar-refractivity contribution in [1.82, 2.24) is 0 Å². The fourth-order valence-corrected chi connectivity index (χ4v) is 6.44. The number of benzene rings is 10. The van der Waals surface area contributed by atoms with Gasteiger partial charge in [-0.2, -0.15) is 0 Å². The number of hydrogen-bond donors (Lipinski definition) is 0. The topological polar surface area (TPSA) is 13.1 Å². The Morgan fingerprint density at radius 3 is 1.51 bits per heavy atom. The number of para-hydroxylation sites is 1. The molecule has 0 fully saturated rings. The van der Waals surface area contributed by atoms with Crippen LogP contribution >= 0.6 is 0 Å². The van der Waals surface area contributed by atoms with Crippen LogP contribution in [0.15, 0.2) is 198 Å². The van der Waals surface area contributed by atoms with Crippen LogP contribution in [-0.2, 0) is 0 Å². The van der Waals surface area contributed by atoms with Gasteiger partial charge in [-0.15, -0.1) is 0 Å². The normalized spacial score (nSPS) is 20.2. The molecular formula is C52H32O. The van der Waals surface area contributed by atoms with Crippen molar-refractivity contribution in [2.24, 2.45) is 0 Å². The molecule has 0 spiro atoms. The highest BCUT2D eigenvalue weighted by Crippen LogP contribution is 2.47. The Balaban J connectivity index is 1.41. The van der Waals surface area contributed by atoms with Gasteiger partial charge in [-0.1, -0.05) is 175 Å². The van der Waals surface area contributed by atoms with Gasteiger partial charge in [0.15, 0.2) is 0 Å². The molecule has 0 aliphatic heterocycles. The summed E-state index contributed by atoms with van der Waals surface area (Å²) in [7, 11) is 0. The molecular weight excluding hydrogens is 641 g/mol. The van der Waals surface area contributed by atoms with Crippen molar-refractivity contribution in [3.05, 3.63) is 193 Å². The molecule has 0 atom stereocenters. The van der Waals surface area contributed by atoms with Crippen LogP contribution in [0.3, 0.4) is 0 Å². The summed E-state index contributed by atoms with van der Waals surface area (Å²) in [6.45, 7) is 0. The summed E-state index contributed by atoms with van der Waals surface area (Å²) in [4.78, 5) is 0. The highest BCUT2D eigenvalue weighted by atomic mass is 16.3. The Kier molecular flexibility index (Phi) is 2.68. The van der Waals surface area contributed by atoms with Crippen molar-refractivity contribution in [3.8, 4) is 44.5 Å². The molecule has 0 N–H and O–H groups in total. The second kappa shape index (κ2) is 11.8. The van der Waals surface area contributed by atoms with Crippen molar-refractivity contribution < 1.29 is 48.3 Å². The lowest BCUT2D eigenvalue weighted by Crippen LogP contribution is -1.92. The van der Waals surface area contributed by atoms with Gasteiger partial charge in [-0.05, 0) is 100 Å². The first kappa shape index (κ1) is 12.0. The van der Waals surface area contributed by atoms with Gasteiger partial charge in [0.1, 0.15) is 11.2 Å². The molecule has 0 aliphatic rings. The van der Waals surface area contributed by atoms with E-state index in [-0.39, 0.29) is 0 Å². The first-order valence-electron chi connectivity index (χ1n) is 31.7. The van der Waals surface area contributed by atoms with E-state index in [2.05, 4.69) is 0 Å². The predicted octanol–water partition coefficient (Wildman–Crippen LogP) is 14.9. The monoisotopic (exact) mass is 704 g/mol. The highest BCUT2D eigenvalue weighted by molar-refractivity contribution is 6.25. The van der Waals surface area contributed by atoms with Crippen LogP contribution in [-0.4, -0.2) is 0 Å². The van der Waals surface area contributed by atoms with Gasteiger partial charge in [-0.3, -0.25) is 0 Å². The van der Waals surface area contributed by atoms with Crippen molar-refractivity contribution in [3.63, 3.8) is 0 Å². The number of rotatable bonds is 4. The molecule has 11 aromatic rings. The van der Waals surface area contributed by atoms with E-state index >= 15 is 0 Å². The van der Waals surface area contributed by atoms with Crippen LogP contribution in [0.2, 0.25) is 0 Å². The minimum atomic E-state index is -1.12. The third-order valence-corrected chi connectivity index (χ3v) is 8.69. The van der Waals surface area contributed by atoms with Gasteiger partial charge >= 0.3 is 0 Å². The van der Waals surface area contributed by atoms with E-state index in [0.717, 1.165) is 0 Å². The van der Waals surface area contributed by atoms with E-state index in [1.165, 1.54) is 0 Å². The Labute approximate surface area is 352 Å². The van der Waals surface area contributed by atoms with E-state index in [1.807, 2.05) is 0 Å². The van der Waals surface area contributed by atoms with Crippen LogP contribution in [0, 0.1) is 0 Å². The molecule has 0 amide bonds. The molecule has 11 rings (SSSR count). The van der Waals surface area contributed by atoms with Crippen molar-refractivity contribution in [2.45, 2.75) is 0 Å². The van der Waals surface area contributed by atoms with Crippen LogP contribution in [0.1, 0.15) is 43.9 Å². The minimum absolute atomic E-state index is 0.567. The molecule has 246 valence electrons. The SMILES string of the molecule is [2H]c1c([2H])c([2H])c(-c2c([2H])c([2H])c3c(oc4c(-c5c([2H])c([2H])c6c([2H])c([2H])c([2H])c(-c7c8c([2H])c([2H])c([2H])c([2H])c8c(-c8c([2H])c([2H])c([2H])c9c([2H])c([2H])c([2H])c([2H])c89)c8c([2H])c([2H])c([2H])c([2H])c78)c6c5[2H])c([2H])c([2H])c([2H])c43)c2[2H])c([2H])c1[2H]. The van der Waals surface area contributed by atoms with Crippen LogP contribution < -0.4 is 0 Å². The summed E-state index contributed by atoms with van der Waals surface area (Å²) < 4.78 is 297. The molecule has 0 saturated carbocycles. The summed E-state index contributed by atoms with van der Waals surface area (Å²) in [5, 5.41) is -7.48. The average molecular weight is 705 g/mol. The average Bonchev–Trinajstić information content (AvgIpc) is 1.28. The molecule has 1 nitrogen and oxygen atoms in total. The first-order valence-corrected chi connectivity index (χ1v) is 15.7. The maximum atomic E-state index is 10.2. The summed E-state index contributed by atoms with van der Waals surface area (Å²) in [5.41, 5.74) is -7.89. The van der Waals surface area contributed by atoms with Gasteiger partial charge in [0.25, 0.3) is 0 Å². The van der Waals surface area contributed by atoms with E-state index in [1.54, 1.807) is 0 Å².